The van der Waals surface area contributed by atoms with Gasteiger partial charge >= 0.3 is 0 Å². The van der Waals surface area contributed by atoms with Crippen LogP contribution in [0.4, 0.5) is 0 Å². The molecule has 0 radical (unpaired) electrons. The minimum absolute atomic E-state index is 0.624. The lowest BCUT2D eigenvalue weighted by Crippen LogP contribution is -2.04. The molecule has 0 N–H and O–H groups in total. The number of hydrogen-bond acceptors (Lipinski definition) is 3. The highest BCUT2D eigenvalue weighted by molar-refractivity contribution is 6.26. The van der Waals surface area contributed by atoms with Crippen molar-refractivity contribution < 1.29 is 4.42 Å². The number of furan rings is 1. The second-order valence-corrected chi connectivity index (χ2v) is 13.0. The Labute approximate surface area is 292 Å². The summed E-state index contributed by atoms with van der Waals surface area (Å²) in [6.45, 7) is 0. The van der Waals surface area contributed by atoms with E-state index in [1.165, 1.54) is 10.8 Å². The van der Waals surface area contributed by atoms with Crippen LogP contribution >= 0.6 is 0 Å². The molecule has 0 fully saturated rings. The van der Waals surface area contributed by atoms with E-state index in [4.69, 9.17) is 14.4 Å². The highest BCUT2D eigenvalue weighted by Crippen LogP contribution is 2.42. The lowest BCUT2D eigenvalue weighted by Gasteiger charge is -2.12. The summed E-state index contributed by atoms with van der Waals surface area (Å²) in [4.78, 5) is 10.8. The van der Waals surface area contributed by atoms with E-state index >= 15 is 0 Å². The van der Waals surface area contributed by atoms with Crippen molar-refractivity contribution >= 4 is 65.6 Å². The van der Waals surface area contributed by atoms with Crippen molar-refractivity contribution in [3.8, 4) is 34.2 Å². The van der Waals surface area contributed by atoms with E-state index in [0.717, 1.165) is 83.0 Å². The van der Waals surface area contributed by atoms with Gasteiger partial charge in [-0.3, -0.25) is 4.57 Å². The molecule has 0 amide bonds. The number of rotatable bonds is 4. The molecule has 11 rings (SSSR count). The number of benzene rings is 7. The van der Waals surface area contributed by atoms with Crippen LogP contribution in [0.5, 0.6) is 0 Å². The molecule has 0 saturated heterocycles. The summed E-state index contributed by atoms with van der Waals surface area (Å²) < 4.78 is 10.8. The van der Waals surface area contributed by atoms with Gasteiger partial charge in [-0.25, -0.2) is 9.97 Å². The van der Waals surface area contributed by atoms with Gasteiger partial charge in [-0.2, -0.15) is 0 Å². The standard InChI is InChI=1S/C46H28N4O/c1-3-13-29(14-4-1)37-28-38(30-23-26-43-36(27-30)33-18-9-12-22-42(33)51-43)48-46(47-37)50-39-20-10-7-17-32(39)34-24-25-41-44(45(34)50)35-19-8-11-21-40(35)49(41)31-15-5-2-6-16-31/h1-28H. The topological polar surface area (TPSA) is 48.8 Å². The highest BCUT2D eigenvalue weighted by Gasteiger charge is 2.23. The number of para-hydroxylation sites is 4. The monoisotopic (exact) mass is 652 g/mol. The summed E-state index contributed by atoms with van der Waals surface area (Å²) in [6, 6.07) is 59.4. The highest BCUT2D eigenvalue weighted by atomic mass is 16.3. The van der Waals surface area contributed by atoms with Crippen molar-refractivity contribution in [2.24, 2.45) is 0 Å². The molecule has 0 aliphatic rings. The van der Waals surface area contributed by atoms with Crippen molar-refractivity contribution in [2.75, 3.05) is 0 Å². The Kier molecular flexibility index (Phi) is 5.89. The summed E-state index contributed by atoms with van der Waals surface area (Å²) in [6.07, 6.45) is 0. The van der Waals surface area contributed by atoms with Crippen molar-refractivity contribution in [3.63, 3.8) is 0 Å². The maximum absolute atomic E-state index is 6.19. The van der Waals surface area contributed by atoms with E-state index in [1.54, 1.807) is 0 Å². The Morgan fingerprint density at radius 3 is 1.82 bits per heavy atom. The smallest absolute Gasteiger partial charge is 0.235 e. The zero-order valence-electron chi connectivity index (χ0n) is 27.4. The molecule has 0 spiro atoms. The van der Waals surface area contributed by atoms with Crippen molar-refractivity contribution in [1.29, 1.82) is 0 Å². The molecule has 11 aromatic rings. The lowest BCUT2D eigenvalue weighted by molar-refractivity contribution is 0.669. The average molecular weight is 653 g/mol. The van der Waals surface area contributed by atoms with Gasteiger partial charge in [0.2, 0.25) is 5.95 Å². The van der Waals surface area contributed by atoms with Crippen LogP contribution in [0.15, 0.2) is 174 Å². The molecule has 0 atom stereocenters. The Balaban J connectivity index is 1.26. The molecule has 51 heavy (non-hydrogen) atoms. The molecule has 4 heterocycles. The first kappa shape index (κ1) is 27.9. The molecule has 238 valence electrons. The van der Waals surface area contributed by atoms with Crippen LogP contribution < -0.4 is 0 Å². The van der Waals surface area contributed by atoms with E-state index in [2.05, 4.69) is 161 Å². The van der Waals surface area contributed by atoms with Gasteiger partial charge in [-0.05, 0) is 60.7 Å². The van der Waals surface area contributed by atoms with Crippen LogP contribution in [-0.4, -0.2) is 19.1 Å². The molecule has 0 aliphatic carbocycles. The van der Waals surface area contributed by atoms with E-state index in [1.807, 2.05) is 18.2 Å². The first-order valence-corrected chi connectivity index (χ1v) is 17.2. The number of hydrogen-bond donors (Lipinski definition) is 0. The van der Waals surface area contributed by atoms with Crippen LogP contribution in [0.1, 0.15) is 0 Å². The third-order valence-corrected chi connectivity index (χ3v) is 10.1. The Bertz CT molecular complexity index is 3130. The summed E-state index contributed by atoms with van der Waals surface area (Å²) >= 11 is 0. The maximum atomic E-state index is 6.19. The van der Waals surface area contributed by atoms with Crippen LogP contribution in [0.3, 0.4) is 0 Å². The normalized spacial score (nSPS) is 11.9. The van der Waals surface area contributed by atoms with E-state index < -0.39 is 0 Å². The summed E-state index contributed by atoms with van der Waals surface area (Å²) in [5, 5.41) is 6.83. The Morgan fingerprint density at radius 1 is 0.392 bits per heavy atom. The first-order valence-electron chi connectivity index (χ1n) is 17.2. The first-order chi connectivity index (χ1) is 25.3. The number of fused-ring (bicyclic) bond motifs is 10. The fraction of sp³-hybridized carbons (Fsp3) is 0. The molecule has 4 aromatic heterocycles. The Morgan fingerprint density at radius 2 is 1.02 bits per heavy atom. The van der Waals surface area contributed by atoms with Gasteiger partial charge in [-0.1, -0.05) is 109 Å². The van der Waals surface area contributed by atoms with Gasteiger partial charge in [0.25, 0.3) is 0 Å². The van der Waals surface area contributed by atoms with Gasteiger partial charge in [-0.15, -0.1) is 0 Å². The van der Waals surface area contributed by atoms with Gasteiger partial charge in [0.05, 0.1) is 33.5 Å². The average Bonchev–Trinajstić information content (AvgIpc) is 3.86. The number of aromatic nitrogens is 4. The molecular weight excluding hydrogens is 625 g/mol. The lowest BCUT2D eigenvalue weighted by atomic mass is 10.0. The van der Waals surface area contributed by atoms with E-state index in [0.29, 0.717) is 5.95 Å². The summed E-state index contributed by atoms with van der Waals surface area (Å²) in [5.74, 6) is 0.624. The molecule has 0 unspecified atom stereocenters. The summed E-state index contributed by atoms with van der Waals surface area (Å²) in [5.41, 5.74) is 11.0. The second kappa shape index (κ2) is 10.8. The van der Waals surface area contributed by atoms with Crippen molar-refractivity contribution in [2.45, 2.75) is 0 Å². The van der Waals surface area contributed by atoms with Crippen LogP contribution in [-0.2, 0) is 0 Å². The molecule has 5 heteroatoms. The molecular formula is C46H28N4O. The molecule has 7 aromatic carbocycles. The van der Waals surface area contributed by atoms with Crippen LogP contribution in [0.2, 0.25) is 0 Å². The van der Waals surface area contributed by atoms with E-state index in [9.17, 15) is 0 Å². The predicted octanol–water partition coefficient (Wildman–Crippen LogP) is 11.9. The van der Waals surface area contributed by atoms with E-state index in [-0.39, 0.29) is 0 Å². The van der Waals surface area contributed by atoms with Crippen LogP contribution in [0, 0.1) is 0 Å². The second-order valence-electron chi connectivity index (χ2n) is 13.0. The quantitative estimate of drug-likeness (QED) is 0.190. The van der Waals surface area contributed by atoms with Crippen molar-refractivity contribution in [1.82, 2.24) is 19.1 Å². The molecule has 0 saturated carbocycles. The third-order valence-electron chi connectivity index (χ3n) is 10.1. The SMILES string of the molecule is c1ccc(-c2cc(-c3ccc4oc5ccccc5c4c3)nc(-n3c4ccccc4c4ccc5c(c6ccccc6n5-c5ccccc5)c43)n2)cc1. The van der Waals surface area contributed by atoms with Crippen LogP contribution in [0.25, 0.3) is 99.7 Å². The fourth-order valence-corrected chi connectivity index (χ4v) is 7.90. The predicted molar refractivity (Wildman–Crippen MR) is 209 cm³/mol. The Hall–Kier alpha value is -6.98. The zero-order valence-corrected chi connectivity index (χ0v) is 27.4. The molecule has 0 aliphatic heterocycles. The van der Waals surface area contributed by atoms with Gasteiger partial charge in [0.1, 0.15) is 11.2 Å². The third kappa shape index (κ3) is 4.15. The van der Waals surface area contributed by atoms with Crippen molar-refractivity contribution in [3.05, 3.63) is 170 Å². The summed E-state index contributed by atoms with van der Waals surface area (Å²) in [7, 11) is 0. The van der Waals surface area contributed by atoms with Gasteiger partial charge < -0.3 is 8.98 Å². The minimum Gasteiger partial charge on any atom is -0.456 e. The minimum atomic E-state index is 0.624. The number of nitrogens with zero attached hydrogens (tertiary/aromatic N) is 4. The molecule has 0 bridgehead atoms. The largest absolute Gasteiger partial charge is 0.456 e. The van der Waals surface area contributed by atoms with Gasteiger partial charge in [0, 0.05) is 49.1 Å². The van der Waals surface area contributed by atoms with Gasteiger partial charge in [0.15, 0.2) is 0 Å². The molecule has 5 nitrogen and oxygen atoms in total. The fourth-order valence-electron chi connectivity index (χ4n) is 7.90. The maximum Gasteiger partial charge on any atom is 0.235 e. The zero-order chi connectivity index (χ0) is 33.5.